The van der Waals surface area contributed by atoms with E-state index in [1.54, 1.807) is 18.2 Å². The highest BCUT2D eigenvalue weighted by molar-refractivity contribution is 9.10. The number of nitrogens with zero attached hydrogens (tertiary/aromatic N) is 2. The number of aromatic carboxylic acids is 1. The maximum Gasteiger partial charge on any atom is 0.393 e. The van der Waals surface area contributed by atoms with Crippen LogP contribution in [0.4, 0.5) is 0 Å². The molecule has 2 aromatic rings. The van der Waals surface area contributed by atoms with E-state index in [4.69, 9.17) is 21.1 Å². The van der Waals surface area contributed by atoms with Crippen molar-refractivity contribution in [2.75, 3.05) is 0 Å². The number of benzene rings is 1. The molecule has 0 bridgehead atoms. The van der Waals surface area contributed by atoms with Gasteiger partial charge in [-0.2, -0.15) is 0 Å². The van der Waals surface area contributed by atoms with Crippen molar-refractivity contribution in [3.63, 3.8) is 0 Å². The van der Waals surface area contributed by atoms with Gasteiger partial charge in [0.15, 0.2) is 0 Å². The molecule has 0 aliphatic rings. The van der Waals surface area contributed by atoms with Crippen molar-refractivity contribution in [2.45, 2.75) is 0 Å². The van der Waals surface area contributed by atoms with Crippen LogP contribution in [0.3, 0.4) is 0 Å². The van der Waals surface area contributed by atoms with Gasteiger partial charge in [-0.05, 0) is 18.2 Å². The van der Waals surface area contributed by atoms with Crippen molar-refractivity contribution in [3.05, 3.63) is 33.6 Å². The third-order valence-electron chi connectivity index (χ3n) is 1.72. The minimum Gasteiger partial charge on any atom is -0.474 e. The van der Waals surface area contributed by atoms with Crippen LogP contribution in [0.1, 0.15) is 10.7 Å². The molecule has 0 radical (unpaired) electrons. The van der Waals surface area contributed by atoms with E-state index in [-0.39, 0.29) is 5.89 Å². The van der Waals surface area contributed by atoms with Crippen LogP contribution < -0.4 is 0 Å². The standard InChI is InChI=1S/C9H4BrClN2O3/c10-5-1-4(2-6(11)3-5)7-12-13-8(16-7)9(14)15/h1-3H,(H,14,15). The number of carboxylic acid groups (broad SMARTS) is 1. The van der Waals surface area contributed by atoms with E-state index >= 15 is 0 Å². The molecule has 1 heterocycles. The molecule has 16 heavy (non-hydrogen) atoms. The molecule has 0 fully saturated rings. The Hall–Kier alpha value is -1.40. The van der Waals surface area contributed by atoms with Crippen LogP contribution in [0, 0.1) is 0 Å². The molecule has 0 aliphatic carbocycles. The largest absolute Gasteiger partial charge is 0.474 e. The lowest BCUT2D eigenvalue weighted by atomic mass is 10.2. The van der Waals surface area contributed by atoms with Crippen LogP contribution in [0.2, 0.25) is 5.02 Å². The van der Waals surface area contributed by atoms with Crippen molar-refractivity contribution < 1.29 is 14.3 Å². The van der Waals surface area contributed by atoms with Crippen LogP contribution in [-0.2, 0) is 0 Å². The van der Waals surface area contributed by atoms with Crippen LogP contribution in [-0.4, -0.2) is 21.3 Å². The number of carboxylic acids is 1. The average molecular weight is 303 g/mol. The summed E-state index contributed by atoms with van der Waals surface area (Å²) in [7, 11) is 0. The van der Waals surface area contributed by atoms with Crippen molar-refractivity contribution in [3.8, 4) is 11.5 Å². The Bertz CT molecular complexity index is 535. The number of rotatable bonds is 2. The van der Waals surface area contributed by atoms with Gasteiger partial charge >= 0.3 is 11.9 Å². The summed E-state index contributed by atoms with van der Waals surface area (Å²) in [4.78, 5) is 10.5. The van der Waals surface area contributed by atoms with E-state index in [0.29, 0.717) is 10.6 Å². The van der Waals surface area contributed by atoms with Gasteiger partial charge < -0.3 is 9.52 Å². The first-order chi connectivity index (χ1) is 7.56. The van der Waals surface area contributed by atoms with Gasteiger partial charge in [0.05, 0.1) is 0 Å². The molecule has 7 heteroatoms. The van der Waals surface area contributed by atoms with Crippen molar-refractivity contribution in [1.82, 2.24) is 10.2 Å². The lowest BCUT2D eigenvalue weighted by molar-refractivity contribution is 0.0654. The number of carbonyl (C=O) groups is 1. The number of aromatic nitrogens is 2. The highest BCUT2D eigenvalue weighted by Gasteiger charge is 2.14. The molecule has 1 aromatic carbocycles. The molecule has 2 rings (SSSR count). The number of hydrogen-bond acceptors (Lipinski definition) is 4. The van der Waals surface area contributed by atoms with E-state index in [1.807, 2.05) is 0 Å². The summed E-state index contributed by atoms with van der Waals surface area (Å²) in [5.74, 6) is -1.61. The second-order valence-corrected chi connectivity index (χ2v) is 4.23. The van der Waals surface area contributed by atoms with Crippen LogP contribution in [0.15, 0.2) is 27.1 Å². The lowest BCUT2D eigenvalue weighted by Gasteiger charge is -1.97. The second-order valence-electron chi connectivity index (χ2n) is 2.88. The molecule has 0 unspecified atom stereocenters. The lowest BCUT2D eigenvalue weighted by Crippen LogP contribution is -1.95. The van der Waals surface area contributed by atoms with Crippen molar-refractivity contribution in [1.29, 1.82) is 0 Å². The van der Waals surface area contributed by atoms with Gasteiger partial charge in [0, 0.05) is 15.1 Å². The average Bonchev–Trinajstić information content (AvgIpc) is 2.64. The molecule has 0 spiro atoms. The summed E-state index contributed by atoms with van der Waals surface area (Å²) >= 11 is 9.09. The molecule has 5 nitrogen and oxygen atoms in total. The highest BCUT2D eigenvalue weighted by Crippen LogP contribution is 2.26. The Morgan fingerprint density at radius 2 is 2.12 bits per heavy atom. The third kappa shape index (κ3) is 2.23. The Balaban J connectivity index is 2.46. The zero-order valence-corrected chi connectivity index (χ0v) is 9.99. The Morgan fingerprint density at radius 1 is 1.38 bits per heavy atom. The fourth-order valence-electron chi connectivity index (χ4n) is 1.10. The monoisotopic (exact) mass is 302 g/mol. The SMILES string of the molecule is O=C(O)c1nnc(-c2cc(Cl)cc(Br)c2)o1. The highest BCUT2D eigenvalue weighted by atomic mass is 79.9. The second kappa shape index (κ2) is 4.23. The molecule has 1 N–H and O–H groups in total. The fraction of sp³-hybridized carbons (Fsp3) is 0. The molecule has 1 aromatic heterocycles. The van der Waals surface area contributed by atoms with Gasteiger partial charge in [0.25, 0.3) is 0 Å². The molecular weight excluding hydrogens is 299 g/mol. The van der Waals surface area contributed by atoms with Crippen LogP contribution in [0.5, 0.6) is 0 Å². The summed E-state index contributed by atoms with van der Waals surface area (Å²) < 4.78 is 5.68. The smallest absolute Gasteiger partial charge is 0.393 e. The summed E-state index contributed by atoms with van der Waals surface area (Å²) in [5, 5.41) is 16.1. The molecule has 0 saturated heterocycles. The Morgan fingerprint density at radius 3 is 2.69 bits per heavy atom. The quantitative estimate of drug-likeness (QED) is 0.923. The molecular formula is C9H4BrClN2O3. The first kappa shape index (κ1) is 11.1. The maximum atomic E-state index is 10.5. The molecule has 0 atom stereocenters. The Labute approximate surface area is 103 Å². The Kier molecular flexibility index (Phi) is 2.93. The summed E-state index contributed by atoms with van der Waals surface area (Å²) in [6.45, 7) is 0. The van der Waals surface area contributed by atoms with Gasteiger partial charge in [-0.3, -0.25) is 0 Å². The minimum atomic E-state index is -1.26. The summed E-state index contributed by atoms with van der Waals surface area (Å²) in [6, 6.07) is 5.00. The molecule has 0 saturated carbocycles. The first-order valence-corrected chi connectivity index (χ1v) is 5.26. The van der Waals surface area contributed by atoms with E-state index in [2.05, 4.69) is 26.1 Å². The zero-order chi connectivity index (χ0) is 11.7. The maximum absolute atomic E-state index is 10.5. The topological polar surface area (TPSA) is 76.2 Å². The van der Waals surface area contributed by atoms with Gasteiger partial charge in [-0.15, -0.1) is 10.2 Å². The van der Waals surface area contributed by atoms with Crippen LogP contribution in [0.25, 0.3) is 11.5 Å². The van der Waals surface area contributed by atoms with Crippen molar-refractivity contribution >= 4 is 33.5 Å². The molecule has 0 amide bonds. The predicted octanol–water partition coefficient (Wildman–Crippen LogP) is 2.85. The van der Waals surface area contributed by atoms with E-state index in [1.165, 1.54) is 0 Å². The van der Waals surface area contributed by atoms with Crippen molar-refractivity contribution in [2.24, 2.45) is 0 Å². The van der Waals surface area contributed by atoms with Gasteiger partial charge in [0.2, 0.25) is 5.89 Å². The van der Waals surface area contributed by atoms with E-state index in [0.717, 1.165) is 4.47 Å². The molecule has 0 aliphatic heterocycles. The summed E-state index contributed by atoms with van der Waals surface area (Å²) in [6.07, 6.45) is 0. The first-order valence-electron chi connectivity index (χ1n) is 4.09. The third-order valence-corrected chi connectivity index (χ3v) is 2.39. The van der Waals surface area contributed by atoms with Gasteiger partial charge in [0.1, 0.15) is 0 Å². The van der Waals surface area contributed by atoms with E-state index in [9.17, 15) is 4.79 Å². The zero-order valence-electron chi connectivity index (χ0n) is 7.65. The normalized spacial score (nSPS) is 10.4. The van der Waals surface area contributed by atoms with Gasteiger partial charge in [-0.25, -0.2) is 4.79 Å². The van der Waals surface area contributed by atoms with Gasteiger partial charge in [-0.1, -0.05) is 27.5 Å². The minimum absolute atomic E-state index is 0.112. The number of halogens is 2. The summed E-state index contributed by atoms with van der Waals surface area (Å²) in [5.41, 5.74) is 0.555. The van der Waals surface area contributed by atoms with E-state index < -0.39 is 11.9 Å². The predicted molar refractivity (Wildman–Crippen MR) is 59.4 cm³/mol. The van der Waals surface area contributed by atoms with Crippen LogP contribution >= 0.6 is 27.5 Å². The number of hydrogen-bond donors (Lipinski definition) is 1. The fourth-order valence-corrected chi connectivity index (χ4v) is 1.96. The molecule has 82 valence electrons.